The molecule has 4 atom stereocenters. The van der Waals surface area contributed by atoms with Gasteiger partial charge in [0.2, 0.25) is 29.5 Å². The lowest BCUT2D eigenvalue weighted by Crippen LogP contribution is -2.61. The van der Waals surface area contributed by atoms with Crippen molar-refractivity contribution in [3.05, 3.63) is 131 Å². The van der Waals surface area contributed by atoms with Crippen LogP contribution in [0.15, 0.2) is 103 Å². The number of nitrogens with two attached hydrogens (primary N) is 1. The Morgan fingerprint density at radius 1 is 0.833 bits per heavy atom. The zero-order chi connectivity index (χ0) is 55.3. The Labute approximate surface area is 447 Å². The number of hydrogen-bond acceptors (Lipinski definition) is 11. The number of hydrogen-bond donors (Lipinski definition) is 8. The number of nitrogens with zero attached hydrogens (tertiary/aromatic N) is 5. The van der Waals surface area contributed by atoms with E-state index in [2.05, 4.69) is 41.0 Å². The van der Waals surface area contributed by atoms with Gasteiger partial charge in [-0.25, -0.2) is 4.79 Å². The second-order valence-corrected chi connectivity index (χ2v) is 22.1. The Hall–Kier alpha value is -7.43. The minimum absolute atomic E-state index is 0.0463. The van der Waals surface area contributed by atoms with E-state index in [0.717, 1.165) is 54.9 Å². The lowest BCUT2D eigenvalue weighted by molar-refractivity contribution is -0.144. The van der Waals surface area contributed by atoms with E-state index in [1.54, 1.807) is 6.20 Å². The fourth-order valence-electron chi connectivity index (χ4n) is 10.9. The van der Waals surface area contributed by atoms with Crippen molar-refractivity contribution in [3.8, 4) is 0 Å². The van der Waals surface area contributed by atoms with Crippen LogP contribution in [0.5, 0.6) is 0 Å². The summed E-state index contributed by atoms with van der Waals surface area (Å²) >= 11 is 0. The lowest BCUT2D eigenvalue weighted by atomic mass is 9.95. The first kappa shape index (κ1) is 55.3. The number of rotatable bonds is 18. The molecule has 412 valence electrons. The van der Waals surface area contributed by atoms with Gasteiger partial charge in [-0.1, -0.05) is 66.7 Å². The summed E-state index contributed by atoms with van der Waals surface area (Å²) in [6, 6.07) is 21.2. The maximum absolute atomic E-state index is 15.1. The number of aromatic amines is 1. The number of carbonyl (C=O) groups excluding carboxylic acids is 7. The average molecular weight is 1090 g/mol. The van der Waals surface area contributed by atoms with Crippen LogP contribution in [-0.2, 0) is 40.7 Å². The predicted octanol–water partition coefficient (Wildman–Crippen LogP) is 3.97. The second kappa shape index (κ2) is 23.7. The summed E-state index contributed by atoms with van der Waals surface area (Å²) in [5.74, 6) is -3.32. The summed E-state index contributed by atoms with van der Waals surface area (Å²) < 4.78 is 41.2. The molecule has 3 aromatic carbocycles. The molecule has 2 aromatic heterocycles. The van der Waals surface area contributed by atoms with Crippen molar-refractivity contribution >= 4 is 65.7 Å². The Balaban J connectivity index is 0.911. The molecular weight excluding hydrogens is 1030 g/mol. The maximum atomic E-state index is 15.1. The second-order valence-electron chi connectivity index (χ2n) is 20.4. The van der Waals surface area contributed by atoms with Crippen molar-refractivity contribution in [1.82, 2.24) is 45.9 Å². The van der Waals surface area contributed by atoms with Gasteiger partial charge in [0.25, 0.3) is 5.91 Å². The maximum Gasteiger partial charge on any atom is 0.399 e. The fraction of sp³-hybridized carbons (Fsp3) is 0.407. The van der Waals surface area contributed by atoms with Gasteiger partial charge in [-0.05, 0) is 99.0 Å². The molecule has 4 fully saturated rings. The molecule has 8 amide bonds. The molecule has 9 N–H and O–H groups in total. The molecule has 0 unspecified atom stereocenters. The van der Waals surface area contributed by atoms with Crippen LogP contribution in [0.25, 0.3) is 10.9 Å². The largest absolute Gasteiger partial charge is 0.399 e. The van der Waals surface area contributed by atoms with Crippen molar-refractivity contribution in [3.63, 3.8) is 0 Å². The molecule has 6 heterocycles. The Morgan fingerprint density at radius 2 is 1.53 bits per heavy atom. The van der Waals surface area contributed by atoms with Gasteiger partial charge in [-0.15, -0.1) is 0 Å². The Kier molecular flexibility index (Phi) is 16.8. The number of alkyl halides is 2. The minimum atomic E-state index is -5.90. The van der Waals surface area contributed by atoms with E-state index in [0.29, 0.717) is 38.2 Å². The standard InChI is InChI=1S/C54H62F2N11O10P/c55-54(56,78(75,76)77)37-11-15-41-36(27-37)28-43(59-41)50(71)61-44-32-65(30-33-19-23-64(24-20-33)31-38-12-13-40(29-58-38)66-26-22-47(69)62-53(66)74)25-21-39-14-17-45(67(39)52(44)73)51(72)60-42(16-18-46(57)68)49(70)63-48(34-7-3-1-4-8-34)35-9-5-2-6-10-35/h1-13,15,27-29,33,39,42,44-45,48,59H,14,16-26,30-32H2,(H2,57,68)(H,60,72)(H,61,71)(H,63,70)(H,62,69,74)(H2,75,76,77)/t39-,42+,44+,45+/m1/s1. The third-order valence-electron chi connectivity index (χ3n) is 15.1. The zero-order valence-electron chi connectivity index (χ0n) is 42.6. The number of nitrogens with one attached hydrogen (secondary N) is 5. The third kappa shape index (κ3) is 12.8. The number of pyridine rings is 1. The number of amides is 8. The van der Waals surface area contributed by atoms with Crippen LogP contribution in [0, 0.1) is 5.92 Å². The minimum Gasteiger partial charge on any atom is -0.370 e. The van der Waals surface area contributed by atoms with Gasteiger partial charge in [0, 0.05) is 68.1 Å². The van der Waals surface area contributed by atoms with Crippen molar-refractivity contribution in [1.29, 1.82) is 0 Å². The number of imide groups is 1. The first-order chi connectivity index (χ1) is 37.3. The van der Waals surface area contributed by atoms with Crippen LogP contribution < -0.4 is 31.9 Å². The highest BCUT2D eigenvalue weighted by molar-refractivity contribution is 7.52. The van der Waals surface area contributed by atoms with Gasteiger partial charge in [0.1, 0.15) is 23.8 Å². The summed E-state index contributed by atoms with van der Waals surface area (Å²) in [6.07, 6.45) is 4.28. The van der Waals surface area contributed by atoms with Gasteiger partial charge >= 0.3 is 19.3 Å². The van der Waals surface area contributed by atoms with E-state index < -0.39 is 84.6 Å². The monoisotopic (exact) mass is 1090 g/mol. The normalized spacial score (nSPS) is 20.4. The van der Waals surface area contributed by atoms with Gasteiger partial charge < -0.3 is 46.3 Å². The number of piperidine rings is 1. The van der Waals surface area contributed by atoms with Crippen molar-refractivity contribution in [2.45, 2.75) is 93.8 Å². The van der Waals surface area contributed by atoms with E-state index >= 15 is 4.79 Å². The average Bonchev–Trinajstić information content (AvgIpc) is 4.15. The van der Waals surface area contributed by atoms with E-state index in [4.69, 9.17) is 5.73 Å². The summed E-state index contributed by atoms with van der Waals surface area (Å²) in [5.41, 5.74) is 3.16. The number of urea groups is 1. The summed E-state index contributed by atoms with van der Waals surface area (Å²) in [4.78, 5) is 128. The molecule has 4 aliphatic rings. The zero-order valence-corrected chi connectivity index (χ0v) is 43.5. The van der Waals surface area contributed by atoms with Crippen LogP contribution in [0.4, 0.5) is 19.3 Å². The third-order valence-corrected chi connectivity index (χ3v) is 16.1. The number of likely N-dealkylation sites (tertiary alicyclic amines) is 1. The summed E-state index contributed by atoms with van der Waals surface area (Å²) in [5, 5.41) is 11.1. The Morgan fingerprint density at radius 3 is 2.17 bits per heavy atom. The van der Waals surface area contributed by atoms with Crippen LogP contribution in [0.2, 0.25) is 0 Å². The van der Waals surface area contributed by atoms with E-state index in [1.807, 2.05) is 72.8 Å². The van der Waals surface area contributed by atoms with E-state index in [1.165, 1.54) is 21.9 Å². The highest BCUT2D eigenvalue weighted by atomic mass is 31.2. The van der Waals surface area contributed by atoms with Crippen LogP contribution >= 0.6 is 7.60 Å². The highest BCUT2D eigenvalue weighted by Gasteiger charge is 2.51. The fourth-order valence-corrected chi connectivity index (χ4v) is 11.4. The molecular formula is C54H62F2N11O10P. The number of fused-ring (bicyclic) bond motifs is 2. The number of primary amides is 1. The van der Waals surface area contributed by atoms with Gasteiger partial charge in [-0.2, -0.15) is 8.78 Å². The molecule has 4 saturated heterocycles. The quantitative estimate of drug-likeness (QED) is 0.0578. The summed E-state index contributed by atoms with van der Waals surface area (Å²) in [7, 11) is -5.90. The van der Waals surface area contributed by atoms with Crippen LogP contribution in [-0.4, -0.2) is 139 Å². The molecule has 0 saturated carbocycles. The number of benzene rings is 3. The van der Waals surface area contributed by atoms with Crippen molar-refractivity contribution < 1.29 is 56.7 Å². The number of carbonyl (C=O) groups is 7. The predicted molar refractivity (Wildman–Crippen MR) is 281 cm³/mol. The first-order valence-electron chi connectivity index (χ1n) is 26.0. The van der Waals surface area contributed by atoms with Gasteiger partial charge in [-0.3, -0.25) is 53.4 Å². The number of anilines is 1. The van der Waals surface area contributed by atoms with E-state index in [-0.39, 0.29) is 67.2 Å². The highest BCUT2D eigenvalue weighted by Crippen LogP contribution is 2.59. The van der Waals surface area contributed by atoms with E-state index in [9.17, 15) is 51.9 Å². The van der Waals surface area contributed by atoms with Crippen molar-refractivity contribution in [2.24, 2.45) is 11.7 Å². The van der Waals surface area contributed by atoms with Gasteiger partial charge in [0.05, 0.1) is 23.6 Å². The van der Waals surface area contributed by atoms with Gasteiger partial charge in [0.15, 0.2) is 0 Å². The summed E-state index contributed by atoms with van der Waals surface area (Å²) in [6.45, 7) is 3.49. The number of H-pyrrole nitrogens is 1. The van der Waals surface area contributed by atoms with Crippen LogP contribution in [0.3, 0.4) is 0 Å². The molecule has 5 aromatic rings. The Bertz CT molecular complexity index is 3040. The molecule has 0 radical (unpaired) electrons. The molecule has 24 heteroatoms. The van der Waals surface area contributed by atoms with Crippen LogP contribution in [0.1, 0.15) is 90.3 Å². The lowest BCUT2D eigenvalue weighted by Gasteiger charge is -2.40. The molecule has 9 rings (SSSR count). The number of halogens is 2. The smallest absolute Gasteiger partial charge is 0.370 e. The SMILES string of the molecule is NC(=O)CC[C@H](NC(=O)[C@@H]1CC[C@@H]2CCN(CC3CCN(Cc4ccc(N5CCC(=O)NC5=O)cn4)CC3)C[C@H](NC(=O)c3cc4cc(C(F)(F)P(=O)(O)O)ccc4[nH]3)C(=O)N21)C(=O)NC(c1ccccc1)c1ccccc1. The molecule has 0 bridgehead atoms. The molecule has 21 nitrogen and oxygen atoms in total. The molecule has 0 aliphatic carbocycles. The molecule has 78 heavy (non-hydrogen) atoms. The topological polar surface area (TPSA) is 293 Å². The number of aromatic nitrogens is 2. The molecule has 0 spiro atoms. The molecule has 4 aliphatic heterocycles. The first-order valence-corrected chi connectivity index (χ1v) is 27.6. The van der Waals surface area contributed by atoms with Crippen molar-refractivity contribution in [2.75, 3.05) is 44.2 Å².